The summed E-state index contributed by atoms with van der Waals surface area (Å²) < 4.78 is 12.5. The third-order valence-electron chi connectivity index (χ3n) is 5.04. The van der Waals surface area contributed by atoms with Gasteiger partial charge < -0.3 is 20.1 Å². The molecule has 1 unspecified atom stereocenters. The average Bonchev–Trinajstić information content (AvgIpc) is 3.19. The van der Waals surface area contributed by atoms with E-state index in [1.807, 2.05) is 4.68 Å². The molecule has 0 spiro atoms. The molecule has 1 aromatic rings. The van der Waals surface area contributed by atoms with Crippen molar-refractivity contribution in [2.24, 2.45) is 0 Å². The summed E-state index contributed by atoms with van der Waals surface area (Å²) >= 11 is 0. The van der Waals surface area contributed by atoms with E-state index in [-0.39, 0.29) is 24.2 Å². The second-order valence-corrected chi connectivity index (χ2v) is 6.67. The Labute approximate surface area is 143 Å². The molecule has 3 atom stereocenters. The van der Waals surface area contributed by atoms with E-state index in [0.717, 1.165) is 50.8 Å². The van der Waals surface area contributed by atoms with Crippen molar-refractivity contribution in [3.63, 3.8) is 0 Å². The number of aryl methyl sites for hydroxylation is 1. The zero-order chi connectivity index (χ0) is 16.9. The Balaban J connectivity index is 1.60. The Kier molecular flexibility index (Phi) is 5.73. The molecule has 2 amide bonds. The Morgan fingerprint density at radius 2 is 2.17 bits per heavy atom. The first-order chi connectivity index (χ1) is 11.7. The Bertz CT molecular complexity index is 560. The predicted molar refractivity (Wildman–Crippen MR) is 89.9 cm³/mol. The lowest BCUT2D eigenvalue weighted by molar-refractivity contribution is 0.0872. The quantitative estimate of drug-likeness (QED) is 0.830. The van der Waals surface area contributed by atoms with E-state index in [0.29, 0.717) is 6.61 Å². The monoisotopic (exact) mass is 336 g/mol. The van der Waals surface area contributed by atoms with E-state index in [2.05, 4.69) is 21.9 Å². The minimum absolute atomic E-state index is 0.0139. The lowest BCUT2D eigenvalue weighted by Crippen LogP contribution is -2.47. The molecule has 1 heterocycles. The molecule has 2 N–H and O–H groups in total. The molecule has 0 aromatic carbocycles. The first kappa shape index (κ1) is 17.2. The third kappa shape index (κ3) is 3.89. The summed E-state index contributed by atoms with van der Waals surface area (Å²) in [6, 6.07) is -0.0227. The number of amides is 2. The Morgan fingerprint density at radius 3 is 2.96 bits per heavy atom. The predicted octanol–water partition coefficient (Wildman–Crippen LogP) is 1.77. The van der Waals surface area contributed by atoms with Gasteiger partial charge in [0.25, 0.3) is 0 Å². The summed E-state index contributed by atoms with van der Waals surface area (Å²) in [7, 11) is 3.40. The van der Waals surface area contributed by atoms with Crippen LogP contribution in [-0.4, -0.2) is 48.8 Å². The highest BCUT2D eigenvalue weighted by Crippen LogP contribution is 2.28. The van der Waals surface area contributed by atoms with Gasteiger partial charge in [-0.15, -0.1) is 0 Å². The van der Waals surface area contributed by atoms with Crippen LogP contribution in [-0.2, 0) is 22.4 Å². The van der Waals surface area contributed by atoms with Gasteiger partial charge in [0.05, 0.1) is 37.0 Å². The largest absolute Gasteiger partial charge is 0.383 e. The molecule has 1 saturated carbocycles. The number of nitrogens with zero attached hydrogens (tertiary/aromatic N) is 2. The van der Waals surface area contributed by atoms with Gasteiger partial charge in [-0.05, 0) is 44.1 Å². The van der Waals surface area contributed by atoms with Crippen LogP contribution >= 0.6 is 0 Å². The van der Waals surface area contributed by atoms with Gasteiger partial charge in [0.15, 0.2) is 0 Å². The topological polar surface area (TPSA) is 77.4 Å². The zero-order valence-electron chi connectivity index (χ0n) is 14.6. The number of fused-ring (bicyclic) bond motifs is 1. The molecule has 1 fully saturated rings. The average molecular weight is 336 g/mol. The molecule has 1 aromatic heterocycles. The molecule has 0 aliphatic heterocycles. The van der Waals surface area contributed by atoms with Crippen LogP contribution in [0.4, 0.5) is 4.79 Å². The molecular weight excluding hydrogens is 308 g/mol. The molecule has 0 saturated heterocycles. The maximum atomic E-state index is 12.4. The molecule has 7 nitrogen and oxygen atoms in total. The number of carbonyl (C=O) groups is 1. The highest BCUT2D eigenvalue weighted by atomic mass is 16.5. The fourth-order valence-corrected chi connectivity index (χ4v) is 3.78. The highest BCUT2D eigenvalue weighted by Gasteiger charge is 2.30. The minimum atomic E-state index is -0.117. The number of urea groups is 1. The summed E-state index contributed by atoms with van der Waals surface area (Å²) in [6.45, 7) is 1.37. The van der Waals surface area contributed by atoms with Gasteiger partial charge in [0.2, 0.25) is 0 Å². The van der Waals surface area contributed by atoms with Crippen molar-refractivity contribution in [3.8, 4) is 0 Å². The van der Waals surface area contributed by atoms with Crippen molar-refractivity contribution >= 4 is 6.03 Å². The van der Waals surface area contributed by atoms with E-state index in [1.54, 1.807) is 14.2 Å². The normalized spacial score (nSPS) is 26.2. The Hall–Kier alpha value is -1.60. The molecule has 0 bridgehead atoms. The number of rotatable bonds is 6. The Morgan fingerprint density at radius 1 is 1.29 bits per heavy atom. The van der Waals surface area contributed by atoms with Gasteiger partial charge in [-0.1, -0.05) is 0 Å². The molecule has 3 rings (SSSR count). The van der Waals surface area contributed by atoms with Gasteiger partial charge in [0, 0.05) is 20.4 Å². The van der Waals surface area contributed by atoms with Crippen LogP contribution in [0.1, 0.15) is 49.4 Å². The van der Waals surface area contributed by atoms with E-state index in [1.165, 1.54) is 5.56 Å². The fraction of sp³-hybridized carbons (Fsp3) is 0.765. The molecule has 24 heavy (non-hydrogen) atoms. The fourth-order valence-electron chi connectivity index (χ4n) is 3.78. The van der Waals surface area contributed by atoms with E-state index >= 15 is 0 Å². The lowest BCUT2D eigenvalue weighted by Gasteiger charge is -2.25. The maximum Gasteiger partial charge on any atom is 0.315 e. The maximum absolute atomic E-state index is 12.4. The van der Waals surface area contributed by atoms with Gasteiger partial charge in [0.1, 0.15) is 0 Å². The van der Waals surface area contributed by atoms with Crippen molar-refractivity contribution in [3.05, 3.63) is 17.5 Å². The standard InChI is InChI=1S/C17H28N4O3/c1-23-10-9-21-11-12-5-3-7-14(16(12)20-21)19-17(22)18-13-6-4-8-15(13)24-2/h11,13-15H,3-10H2,1-2H3,(H2,18,19,22)/t13-,14?,15-/m1/s1. The number of hydrogen-bond donors (Lipinski definition) is 2. The SMILES string of the molecule is COCCn1cc2c(n1)C(NC(=O)N[C@@H]1CCC[C@H]1OC)CCC2. The molecule has 2 aliphatic carbocycles. The van der Waals surface area contributed by atoms with Crippen molar-refractivity contribution in [2.75, 3.05) is 20.8 Å². The molecule has 134 valence electrons. The van der Waals surface area contributed by atoms with E-state index < -0.39 is 0 Å². The second kappa shape index (κ2) is 7.98. The number of hydrogen-bond acceptors (Lipinski definition) is 4. The molecule has 0 radical (unpaired) electrons. The first-order valence-electron chi connectivity index (χ1n) is 8.86. The van der Waals surface area contributed by atoms with Crippen molar-refractivity contribution in [2.45, 2.75) is 63.3 Å². The van der Waals surface area contributed by atoms with Crippen LogP contribution in [0.25, 0.3) is 0 Å². The van der Waals surface area contributed by atoms with Gasteiger partial charge >= 0.3 is 6.03 Å². The number of methoxy groups -OCH3 is 2. The van der Waals surface area contributed by atoms with Crippen molar-refractivity contribution in [1.29, 1.82) is 0 Å². The molecule has 7 heteroatoms. The van der Waals surface area contributed by atoms with Crippen LogP contribution in [0.2, 0.25) is 0 Å². The molecule has 2 aliphatic rings. The summed E-state index contributed by atoms with van der Waals surface area (Å²) in [6.07, 6.45) is 8.32. The second-order valence-electron chi connectivity index (χ2n) is 6.67. The van der Waals surface area contributed by atoms with Gasteiger partial charge in [-0.25, -0.2) is 4.79 Å². The van der Waals surface area contributed by atoms with Crippen LogP contribution in [0, 0.1) is 0 Å². The van der Waals surface area contributed by atoms with E-state index in [9.17, 15) is 4.79 Å². The smallest absolute Gasteiger partial charge is 0.315 e. The molecular formula is C17H28N4O3. The van der Waals surface area contributed by atoms with Crippen LogP contribution in [0.15, 0.2) is 6.20 Å². The van der Waals surface area contributed by atoms with Crippen molar-refractivity contribution < 1.29 is 14.3 Å². The number of ether oxygens (including phenoxy) is 2. The van der Waals surface area contributed by atoms with Gasteiger partial charge in [-0.3, -0.25) is 4.68 Å². The van der Waals surface area contributed by atoms with Crippen LogP contribution in [0.3, 0.4) is 0 Å². The first-order valence-corrected chi connectivity index (χ1v) is 8.86. The summed E-state index contributed by atoms with van der Waals surface area (Å²) in [5.74, 6) is 0. The summed E-state index contributed by atoms with van der Waals surface area (Å²) in [4.78, 5) is 12.4. The van der Waals surface area contributed by atoms with Crippen molar-refractivity contribution in [1.82, 2.24) is 20.4 Å². The van der Waals surface area contributed by atoms with Crippen LogP contribution in [0.5, 0.6) is 0 Å². The van der Waals surface area contributed by atoms with Crippen LogP contribution < -0.4 is 10.6 Å². The number of carbonyl (C=O) groups excluding carboxylic acids is 1. The number of nitrogens with one attached hydrogen (secondary N) is 2. The van der Waals surface area contributed by atoms with E-state index in [4.69, 9.17) is 9.47 Å². The lowest BCUT2D eigenvalue weighted by atomic mass is 9.94. The third-order valence-corrected chi connectivity index (χ3v) is 5.04. The summed E-state index contributed by atoms with van der Waals surface area (Å²) in [5.41, 5.74) is 2.24. The number of aromatic nitrogens is 2. The van der Waals surface area contributed by atoms with Gasteiger partial charge in [-0.2, -0.15) is 5.10 Å². The minimum Gasteiger partial charge on any atom is -0.383 e. The highest BCUT2D eigenvalue weighted by molar-refractivity contribution is 5.75. The summed E-state index contributed by atoms with van der Waals surface area (Å²) in [5, 5.41) is 10.8. The zero-order valence-corrected chi connectivity index (χ0v) is 14.6.